The molecule has 0 bridgehead atoms. The lowest BCUT2D eigenvalue weighted by molar-refractivity contribution is 0.567. The second-order valence-electron chi connectivity index (χ2n) is 2.74. The summed E-state index contributed by atoms with van der Waals surface area (Å²) in [7, 11) is 0. The average molecular weight is 187 g/mol. The molecule has 0 amide bonds. The second-order valence-corrected chi connectivity index (χ2v) is 2.74. The lowest BCUT2D eigenvalue weighted by atomic mass is 10.1. The van der Waals surface area contributed by atoms with E-state index in [1.807, 2.05) is 0 Å². The van der Waals surface area contributed by atoms with E-state index in [0.29, 0.717) is 0 Å². The van der Waals surface area contributed by atoms with Crippen molar-refractivity contribution < 1.29 is 8.78 Å². The number of nitrogens with two attached hydrogens (primary N) is 3. The van der Waals surface area contributed by atoms with Gasteiger partial charge in [0.1, 0.15) is 11.6 Å². The average Bonchev–Trinajstić information content (AvgIpc) is 2.10. The molecule has 0 saturated heterocycles. The number of halogens is 2. The third kappa shape index (κ3) is 1.93. The van der Waals surface area contributed by atoms with Crippen LogP contribution in [0.5, 0.6) is 0 Å². The van der Waals surface area contributed by atoms with Crippen LogP contribution < -0.4 is 17.2 Å². The van der Waals surface area contributed by atoms with Gasteiger partial charge in [-0.05, 0) is 6.07 Å². The van der Waals surface area contributed by atoms with Crippen LogP contribution in [0.1, 0.15) is 11.6 Å². The predicted molar refractivity (Wildman–Crippen MR) is 46.8 cm³/mol. The van der Waals surface area contributed by atoms with E-state index in [9.17, 15) is 8.78 Å². The van der Waals surface area contributed by atoms with E-state index in [4.69, 9.17) is 17.2 Å². The van der Waals surface area contributed by atoms with Crippen molar-refractivity contribution in [3.63, 3.8) is 0 Å². The normalized spacial score (nSPS) is 12.9. The van der Waals surface area contributed by atoms with E-state index in [1.54, 1.807) is 0 Å². The quantitative estimate of drug-likeness (QED) is 0.590. The van der Waals surface area contributed by atoms with Gasteiger partial charge in [-0.1, -0.05) is 0 Å². The summed E-state index contributed by atoms with van der Waals surface area (Å²) in [5, 5.41) is 0. The van der Waals surface area contributed by atoms with Gasteiger partial charge < -0.3 is 17.2 Å². The summed E-state index contributed by atoms with van der Waals surface area (Å²) in [6.07, 6.45) is 0. The van der Waals surface area contributed by atoms with Gasteiger partial charge >= 0.3 is 0 Å². The van der Waals surface area contributed by atoms with Crippen LogP contribution in [0.2, 0.25) is 0 Å². The molecule has 0 saturated carbocycles. The summed E-state index contributed by atoms with van der Waals surface area (Å²) in [5.41, 5.74) is 15.6. The molecule has 1 rings (SSSR count). The van der Waals surface area contributed by atoms with E-state index in [-0.39, 0.29) is 17.8 Å². The number of hydrogen-bond acceptors (Lipinski definition) is 3. The molecule has 3 nitrogen and oxygen atoms in total. The number of nitrogen functional groups attached to an aromatic ring is 1. The fourth-order valence-electron chi connectivity index (χ4n) is 0.989. The first-order valence-corrected chi connectivity index (χ1v) is 3.76. The monoisotopic (exact) mass is 187 g/mol. The minimum absolute atomic E-state index is 0.0502. The van der Waals surface area contributed by atoms with Gasteiger partial charge in [0.15, 0.2) is 0 Å². The van der Waals surface area contributed by atoms with Gasteiger partial charge in [-0.25, -0.2) is 8.78 Å². The molecule has 6 N–H and O–H groups in total. The maximum absolute atomic E-state index is 13.1. The summed E-state index contributed by atoms with van der Waals surface area (Å²) in [4.78, 5) is 0. The van der Waals surface area contributed by atoms with Crippen molar-refractivity contribution >= 4 is 5.69 Å². The molecule has 0 fully saturated rings. The number of hydrogen-bond donors (Lipinski definition) is 3. The highest BCUT2D eigenvalue weighted by molar-refractivity contribution is 5.43. The van der Waals surface area contributed by atoms with E-state index < -0.39 is 17.7 Å². The Morgan fingerprint density at radius 1 is 1.23 bits per heavy atom. The summed E-state index contributed by atoms with van der Waals surface area (Å²) in [5.74, 6) is -1.31. The smallest absolute Gasteiger partial charge is 0.146 e. The molecule has 0 unspecified atom stereocenters. The number of benzene rings is 1. The summed E-state index contributed by atoms with van der Waals surface area (Å²) in [6, 6.07) is 1.18. The van der Waals surface area contributed by atoms with E-state index in [2.05, 4.69) is 0 Å². The van der Waals surface area contributed by atoms with Crippen molar-refractivity contribution in [3.05, 3.63) is 29.3 Å². The molecule has 1 aromatic rings. The van der Waals surface area contributed by atoms with Crippen LogP contribution in [0.25, 0.3) is 0 Å². The zero-order chi connectivity index (χ0) is 10.0. The largest absolute Gasteiger partial charge is 0.396 e. The van der Waals surface area contributed by atoms with Crippen LogP contribution in [-0.2, 0) is 0 Å². The van der Waals surface area contributed by atoms with Gasteiger partial charge in [0.25, 0.3) is 0 Å². The van der Waals surface area contributed by atoms with Crippen molar-refractivity contribution in [2.75, 3.05) is 12.3 Å². The summed E-state index contributed by atoms with van der Waals surface area (Å²) >= 11 is 0. The molecule has 0 aliphatic rings. The third-order valence-corrected chi connectivity index (χ3v) is 1.77. The van der Waals surface area contributed by atoms with E-state index in [0.717, 1.165) is 12.1 Å². The fourth-order valence-corrected chi connectivity index (χ4v) is 0.989. The van der Waals surface area contributed by atoms with Crippen LogP contribution in [0.3, 0.4) is 0 Å². The number of anilines is 1. The molecule has 0 aliphatic carbocycles. The third-order valence-electron chi connectivity index (χ3n) is 1.77. The van der Waals surface area contributed by atoms with Crippen molar-refractivity contribution in [1.29, 1.82) is 0 Å². The first kappa shape index (κ1) is 9.88. The lowest BCUT2D eigenvalue weighted by Gasteiger charge is -2.10. The maximum Gasteiger partial charge on any atom is 0.146 e. The molecule has 0 aromatic heterocycles. The van der Waals surface area contributed by atoms with Crippen molar-refractivity contribution in [2.24, 2.45) is 11.5 Å². The zero-order valence-electron chi connectivity index (χ0n) is 6.93. The molecule has 0 heterocycles. The highest BCUT2D eigenvalue weighted by atomic mass is 19.1. The number of rotatable bonds is 2. The molecular weight excluding hydrogens is 176 g/mol. The molecule has 72 valence electrons. The van der Waals surface area contributed by atoms with Crippen LogP contribution >= 0.6 is 0 Å². The van der Waals surface area contributed by atoms with Crippen molar-refractivity contribution in [3.8, 4) is 0 Å². The van der Waals surface area contributed by atoms with Gasteiger partial charge in [0.2, 0.25) is 0 Å². The zero-order valence-corrected chi connectivity index (χ0v) is 6.93. The molecular formula is C8H11F2N3. The molecule has 13 heavy (non-hydrogen) atoms. The Bertz CT molecular complexity index is 315. The van der Waals surface area contributed by atoms with Crippen LogP contribution in [-0.4, -0.2) is 6.54 Å². The van der Waals surface area contributed by atoms with E-state index in [1.165, 1.54) is 0 Å². The standard InChI is InChI=1S/C8H11F2N3/c9-5-2-7(12)6(10)1-4(5)8(13)3-11/h1-2,8H,3,11-13H2/t8-/m0/s1. The topological polar surface area (TPSA) is 78.1 Å². The molecule has 5 heteroatoms. The van der Waals surface area contributed by atoms with Gasteiger partial charge in [-0.2, -0.15) is 0 Å². The Morgan fingerprint density at radius 2 is 1.85 bits per heavy atom. The van der Waals surface area contributed by atoms with Crippen LogP contribution in [0.4, 0.5) is 14.5 Å². The Kier molecular flexibility index (Phi) is 2.79. The van der Waals surface area contributed by atoms with Crippen molar-refractivity contribution in [2.45, 2.75) is 6.04 Å². The van der Waals surface area contributed by atoms with Crippen LogP contribution in [0, 0.1) is 11.6 Å². The molecule has 1 atom stereocenters. The minimum atomic E-state index is -0.699. The Labute approximate surface area is 74.5 Å². The van der Waals surface area contributed by atoms with Crippen LogP contribution in [0.15, 0.2) is 12.1 Å². The maximum atomic E-state index is 13.1. The minimum Gasteiger partial charge on any atom is -0.396 e. The first-order chi connectivity index (χ1) is 6.06. The summed E-state index contributed by atoms with van der Waals surface area (Å²) < 4.78 is 26.0. The Morgan fingerprint density at radius 3 is 2.38 bits per heavy atom. The predicted octanol–water partition coefficient (Wildman–Crippen LogP) is 0.506. The Balaban J connectivity index is 3.15. The molecule has 0 radical (unpaired) electrons. The van der Waals surface area contributed by atoms with Gasteiger partial charge in [-0.15, -0.1) is 0 Å². The highest BCUT2D eigenvalue weighted by Gasteiger charge is 2.12. The molecule has 0 spiro atoms. The SMILES string of the molecule is NC[C@H](N)c1cc(F)c(N)cc1F. The van der Waals surface area contributed by atoms with Gasteiger partial charge in [0.05, 0.1) is 5.69 Å². The van der Waals surface area contributed by atoms with Gasteiger partial charge in [-0.3, -0.25) is 0 Å². The highest BCUT2D eigenvalue weighted by Crippen LogP contribution is 2.20. The van der Waals surface area contributed by atoms with Gasteiger partial charge in [0, 0.05) is 24.2 Å². The summed E-state index contributed by atoms with van der Waals surface area (Å²) in [6.45, 7) is 0.0558. The second kappa shape index (κ2) is 3.68. The molecule has 0 aliphatic heterocycles. The Hall–Kier alpha value is -1.20. The van der Waals surface area contributed by atoms with E-state index >= 15 is 0 Å². The first-order valence-electron chi connectivity index (χ1n) is 3.76. The molecule has 1 aromatic carbocycles. The van der Waals surface area contributed by atoms with Crippen molar-refractivity contribution in [1.82, 2.24) is 0 Å². The fraction of sp³-hybridized carbons (Fsp3) is 0.250. The lowest BCUT2D eigenvalue weighted by Crippen LogP contribution is -2.22.